The van der Waals surface area contributed by atoms with Crippen molar-refractivity contribution in [2.45, 2.75) is 6.92 Å². The molecule has 0 fully saturated rings. The van der Waals surface area contributed by atoms with Crippen molar-refractivity contribution in [1.82, 2.24) is 18.9 Å². The van der Waals surface area contributed by atoms with Crippen molar-refractivity contribution in [3.63, 3.8) is 0 Å². The number of aryl methyl sites for hydroxylation is 2. The summed E-state index contributed by atoms with van der Waals surface area (Å²) in [7, 11) is 1.82. The molecule has 0 radical (unpaired) electrons. The zero-order valence-electron chi connectivity index (χ0n) is 18.7. The minimum Gasteiger partial charge on any atom is -0.437 e. The molecule has 9 heteroatoms. The summed E-state index contributed by atoms with van der Waals surface area (Å²) in [6, 6.07) is 18.1. The number of hydrogen-bond acceptors (Lipinski definition) is 5. The van der Waals surface area contributed by atoms with Gasteiger partial charge in [0.05, 0.1) is 21.6 Å². The SMILES string of the molecule is Cc1cccn2c(=O)c(C=C(C#N)c3nc4ccccc4n3C)c(Oc3ccc(Cl)cc3Cl)nc12. The molecule has 0 amide bonds. The average Bonchev–Trinajstić information content (AvgIpc) is 3.18. The molecule has 0 saturated carbocycles. The fourth-order valence-corrected chi connectivity index (χ4v) is 4.28. The van der Waals surface area contributed by atoms with Gasteiger partial charge in [0.15, 0.2) is 5.82 Å². The molecular formula is C26H17Cl2N5O2. The first-order chi connectivity index (χ1) is 16.9. The predicted molar refractivity (Wildman–Crippen MR) is 137 cm³/mol. The Morgan fingerprint density at radius 1 is 1.11 bits per heavy atom. The number of nitriles is 1. The van der Waals surface area contributed by atoms with E-state index in [-0.39, 0.29) is 27.8 Å². The number of ether oxygens (including phenoxy) is 1. The number of rotatable bonds is 4. The summed E-state index contributed by atoms with van der Waals surface area (Å²) in [4.78, 5) is 22.8. The van der Waals surface area contributed by atoms with Crippen LogP contribution in [0.25, 0.3) is 28.3 Å². The van der Waals surface area contributed by atoms with Crippen LogP contribution in [0.3, 0.4) is 0 Å². The van der Waals surface area contributed by atoms with Crippen molar-refractivity contribution in [2.75, 3.05) is 0 Å². The summed E-state index contributed by atoms with van der Waals surface area (Å²) in [6.07, 6.45) is 3.07. The van der Waals surface area contributed by atoms with Gasteiger partial charge in [0.2, 0.25) is 5.88 Å². The Hall–Kier alpha value is -4.12. The largest absolute Gasteiger partial charge is 0.437 e. The molecule has 35 heavy (non-hydrogen) atoms. The monoisotopic (exact) mass is 501 g/mol. The number of fused-ring (bicyclic) bond motifs is 2. The van der Waals surface area contributed by atoms with Gasteiger partial charge >= 0.3 is 0 Å². The first-order valence-electron chi connectivity index (χ1n) is 10.6. The van der Waals surface area contributed by atoms with Gasteiger partial charge in [0, 0.05) is 18.3 Å². The van der Waals surface area contributed by atoms with Crippen molar-refractivity contribution in [2.24, 2.45) is 7.05 Å². The lowest BCUT2D eigenvalue weighted by molar-refractivity contribution is 0.461. The lowest BCUT2D eigenvalue weighted by atomic mass is 10.1. The second-order valence-corrected chi connectivity index (χ2v) is 8.69. The maximum atomic E-state index is 13.6. The van der Waals surface area contributed by atoms with E-state index in [1.165, 1.54) is 16.5 Å². The summed E-state index contributed by atoms with van der Waals surface area (Å²) in [5.41, 5.74) is 2.67. The molecule has 0 bridgehead atoms. The molecule has 0 saturated heterocycles. The normalized spacial score (nSPS) is 11.7. The van der Waals surface area contributed by atoms with Crippen LogP contribution in [0.2, 0.25) is 10.0 Å². The highest BCUT2D eigenvalue weighted by atomic mass is 35.5. The highest BCUT2D eigenvalue weighted by molar-refractivity contribution is 6.35. The van der Waals surface area contributed by atoms with Gasteiger partial charge in [-0.25, -0.2) is 4.98 Å². The van der Waals surface area contributed by atoms with Crippen molar-refractivity contribution in [3.05, 3.63) is 98.1 Å². The number of hydrogen-bond donors (Lipinski definition) is 0. The third kappa shape index (κ3) is 4.03. The van der Waals surface area contributed by atoms with E-state index in [0.717, 1.165) is 16.6 Å². The summed E-state index contributed by atoms with van der Waals surface area (Å²) in [5, 5.41) is 10.7. The smallest absolute Gasteiger partial charge is 0.269 e. The van der Waals surface area contributed by atoms with Crippen LogP contribution in [0, 0.1) is 18.3 Å². The van der Waals surface area contributed by atoms with E-state index in [2.05, 4.69) is 16.0 Å². The van der Waals surface area contributed by atoms with E-state index in [9.17, 15) is 10.1 Å². The van der Waals surface area contributed by atoms with Crippen molar-refractivity contribution >= 4 is 51.5 Å². The Morgan fingerprint density at radius 3 is 2.66 bits per heavy atom. The van der Waals surface area contributed by atoms with E-state index in [4.69, 9.17) is 27.9 Å². The quantitative estimate of drug-likeness (QED) is 0.279. The summed E-state index contributed by atoms with van der Waals surface area (Å²) < 4.78 is 9.23. The minimum absolute atomic E-state index is 0.0139. The highest BCUT2D eigenvalue weighted by Gasteiger charge is 2.19. The lowest BCUT2D eigenvalue weighted by Crippen LogP contribution is -2.19. The van der Waals surface area contributed by atoms with Crippen LogP contribution in [0.4, 0.5) is 0 Å². The maximum absolute atomic E-state index is 13.6. The first kappa shape index (κ1) is 22.7. The molecule has 0 unspecified atom stereocenters. The number of pyridine rings is 1. The lowest BCUT2D eigenvalue weighted by Gasteiger charge is -2.12. The molecule has 0 atom stereocenters. The summed E-state index contributed by atoms with van der Waals surface area (Å²) in [5.74, 6) is 0.703. The molecule has 7 nitrogen and oxygen atoms in total. The molecule has 5 aromatic rings. The van der Waals surface area contributed by atoms with Crippen molar-refractivity contribution in [1.29, 1.82) is 5.26 Å². The maximum Gasteiger partial charge on any atom is 0.269 e. The van der Waals surface area contributed by atoms with Crippen LogP contribution >= 0.6 is 23.2 Å². The van der Waals surface area contributed by atoms with Crippen LogP contribution in [0.5, 0.6) is 11.6 Å². The molecule has 5 rings (SSSR count). The van der Waals surface area contributed by atoms with Crippen molar-refractivity contribution in [3.8, 4) is 17.7 Å². The topological polar surface area (TPSA) is 85.2 Å². The minimum atomic E-state index is -0.398. The fourth-order valence-electron chi connectivity index (χ4n) is 3.83. The van der Waals surface area contributed by atoms with Gasteiger partial charge in [-0.1, -0.05) is 41.4 Å². The van der Waals surface area contributed by atoms with Crippen LogP contribution in [0.1, 0.15) is 17.0 Å². The van der Waals surface area contributed by atoms with E-state index in [1.54, 1.807) is 29.0 Å². The van der Waals surface area contributed by atoms with Crippen LogP contribution in [0.15, 0.2) is 65.6 Å². The molecular weight excluding hydrogens is 485 g/mol. The molecule has 0 spiro atoms. The molecule has 3 aromatic heterocycles. The summed E-state index contributed by atoms with van der Waals surface area (Å²) >= 11 is 12.3. The van der Waals surface area contributed by atoms with Gasteiger partial charge in [0.1, 0.15) is 23.0 Å². The number of halogens is 2. The van der Waals surface area contributed by atoms with Crippen molar-refractivity contribution < 1.29 is 4.74 Å². The Morgan fingerprint density at radius 2 is 1.91 bits per heavy atom. The van der Waals surface area contributed by atoms with E-state index in [1.807, 2.05) is 44.3 Å². The van der Waals surface area contributed by atoms with Gasteiger partial charge in [-0.3, -0.25) is 9.20 Å². The molecule has 0 aliphatic rings. The predicted octanol–water partition coefficient (Wildman–Crippen LogP) is 6.05. The first-order valence-corrected chi connectivity index (χ1v) is 11.3. The van der Waals surface area contributed by atoms with Gasteiger partial charge in [-0.2, -0.15) is 10.2 Å². The molecule has 172 valence electrons. The Kier molecular flexibility index (Phi) is 5.77. The Labute approximate surface area is 210 Å². The number of benzene rings is 2. The zero-order chi connectivity index (χ0) is 24.7. The summed E-state index contributed by atoms with van der Waals surface area (Å²) in [6.45, 7) is 1.84. The van der Waals surface area contributed by atoms with Gasteiger partial charge in [-0.15, -0.1) is 0 Å². The Bertz CT molecular complexity index is 1760. The number of para-hydroxylation sites is 2. The molecule has 0 aliphatic carbocycles. The number of nitrogens with zero attached hydrogens (tertiary/aromatic N) is 5. The Balaban J connectivity index is 1.76. The van der Waals surface area contributed by atoms with E-state index in [0.29, 0.717) is 16.5 Å². The number of allylic oxidation sites excluding steroid dienone is 1. The van der Waals surface area contributed by atoms with Crippen LogP contribution in [-0.4, -0.2) is 18.9 Å². The zero-order valence-corrected chi connectivity index (χ0v) is 20.2. The number of imidazole rings is 1. The van der Waals surface area contributed by atoms with Crippen LogP contribution in [-0.2, 0) is 7.05 Å². The van der Waals surface area contributed by atoms with Gasteiger partial charge in [0.25, 0.3) is 5.56 Å². The highest BCUT2D eigenvalue weighted by Crippen LogP contribution is 2.33. The second kappa shape index (κ2) is 8.91. The van der Waals surface area contributed by atoms with Gasteiger partial charge < -0.3 is 9.30 Å². The standard InChI is InChI=1S/C26H17Cl2N5O2/c1-15-6-5-11-33-23(15)31-25(35-22-10-9-17(27)13-19(22)28)18(26(33)34)12-16(14-29)24-30-20-7-3-4-8-21(20)32(24)2/h3-13H,1-2H3. The third-order valence-corrected chi connectivity index (χ3v) is 6.12. The molecule has 0 aliphatic heterocycles. The van der Waals surface area contributed by atoms with Crippen LogP contribution < -0.4 is 10.3 Å². The third-order valence-electron chi connectivity index (χ3n) is 5.59. The molecule has 3 heterocycles. The number of aromatic nitrogens is 4. The average molecular weight is 502 g/mol. The molecule has 0 N–H and O–H groups in total. The molecule has 2 aromatic carbocycles. The van der Waals surface area contributed by atoms with E-state index < -0.39 is 5.56 Å². The second-order valence-electron chi connectivity index (χ2n) is 7.85. The van der Waals surface area contributed by atoms with E-state index >= 15 is 0 Å². The van der Waals surface area contributed by atoms with Gasteiger partial charge in [-0.05, 0) is 55.0 Å². The fraction of sp³-hybridized carbons (Fsp3) is 0.0769.